The summed E-state index contributed by atoms with van der Waals surface area (Å²) in [5, 5.41) is 2.77. The summed E-state index contributed by atoms with van der Waals surface area (Å²) in [6, 6.07) is 6.10. The van der Waals surface area contributed by atoms with Gasteiger partial charge < -0.3 is 15.0 Å². The van der Waals surface area contributed by atoms with Gasteiger partial charge in [0.1, 0.15) is 6.29 Å². The van der Waals surface area contributed by atoms with Gasteiger partial charge in [0.2, 0.25) is 5.91 Å². The molecule has 1 aliphatic rings. The van der Waals surface area contributed by atoms with Crippen molar-refractivity contribution in [2.75, 3.05) is 20.2 Å². The van der Waals surface area contributed by atoms with Gasteiger partial charge in [0, 0.05) is 18.7 Å². The van der Waals surface area contributed by atoms with Gasteiger partial charge in [0.05, 0.1) is 12.1 Å². The van der Waals surface area contributed by atoms with E-state index in [1.54, 1.807) is 0 Å². The number of carbonyl (C=O) groups excluding carboxylic acids is 4. The summed E-state index contributed by atoms with van der Waals surface area (Å²) in [5.74, 6) is -1.35. The first-order chi connectivity index (χ1) is 11.0. The van der Waals surface area contributed by atoms with E-state index < -0.39 is 18.5 Å². The Balaban J connectivity index is 1.76. The first-order valence-electron chi connectivity index (χ1n) is 7.25. The lowest BCUT2D eigenvalue weighted by molar-refractivity contribution is -0.137. The van der Waals surface area contributed by atoms with Gasteiger partial charge in [-0.2, -0.15) is 0 Å². The molecule has 7 nitrogen and oxygen atoms in total. The molecule has 1 aliphatic carbocycles. The number of ether oxygens (including phenoxy) is 1. The number of nitrogens with zero attached hydrogens (tertiary/aromatic N) is 1. The molecule has 0 spiro atoms. The van der Waals surface area contributed by atoms with Gasteiger partial charge in [-0.25, -0.2) is 4.79 Å². The highest BCUT2D eigenvalue weighted by molar-refractivity contribution is 5.92. The van der Waals surface area contributed by atoms with E-state index in [0.29, 0.717) is 11.8 Å². The summed E-state index contributed by atoms with van der Waals surface area (Å²) < 4.78 is 4.91. The number of esters is 1. The molecule has 0 aromatic heterocycles. The number of hydrogen-bond acceptors (Lipinski definition) is 5. The molecule has 1 fully saturated rings. The first-order valence-corrected chi connectivity index (χ1v) is 7.25. The molecule has 7 heteroatoms. The number of nitrogens with one attached hydrogen (secondary N) is 1. The van der Waals surface area contributed by atoms with Crippen molar-refractivity contribution in [2.45, 2.75) is 18.9 Å². The molecule has 0 unspecified atom stereocenters. The monoisotopic (exact) mass is 318 g/mol. The van der Waals surface area contributed by atoms with Gasteiger partial charge in [-0.05, 0) is 25.0 Å². The van der Waals surface area contributed by atoms with Crippen molar-refractivity contribution in [3.8, 4) is 0 Å². The van der Waals surface area contributed by atoms with Crippen LogP contribution in [0.2, 0.25) is 0 Å². The second-order valence-electron chi connectivity index (χ2n) is 5.41. The zero-order valence-electron chi connectivity index (χ0n) is 12.8. The molecule has 2 rings (SSSR count). The van der Waals surface area contributed by atoms with Gasteiger partial charge in [0.25, 0.3) is 5.91 Å². The van der Waals surface area contributed by atoms with Crippen LogP contribution in [0.15, 0.2) is 24.3 Å². The van der Waals surface area contributed by atoms with Gasteiger partial charge in [-0.15, -0.1) is 0 Å². The van der Waals surface area contributed by atoms with Crippen LogP contribution in [0.5, 0.6) is 0 Å². The molecule has 1 aromatic rings. The van der Waals surface area contributed by atoms with Crippen LogP contribution in [0.25, 0.3) is 0 Å². The lowest BCUT2D eigenvalue weighted by atomic mass is 10.1. The summed E-state index contributed by atoms with van der Waals surface area (Å²) in [6.45, 7) is -0.512. The fourth-order valence-corrected chi connectivity index (χ4v) is 1.82. The largest absolute Gasteiger partial charge is 0.452 e. The SMILES string of the molecule is CN(CC(=O)NC1CC1)C(=O)COC(=O)c1ccc(C=O)cc1. The normalized spacial score (nSPS) is 13.1. The lowest BCUT2D eigenvalue weighted by Gasteiger charge is -2.16. The second kappa shape index (κ2) is 7.53. The number of rotatable bonds is 7. The van der Waals surface area contributed by atoms with E-state index in [0.717, 1.165) is 12.8 Å². The third-order valence-corrected chi connectivity index (χ3v) is 3.36. The molecule has 122 valence electrons. The average molecular weight is 318 g/mol. The molecule has 1 aromatic carbocycles. The summed E-state index contributed by atoms with van der Waals surface area (Å²) >= 11 is 0. The zero-order valence-corrected chi connectivity index (χ0v) is 12.8. The molecule has 1 N–H and O–H groups in total. The van der Waals surface area contributed by atoms with Crippen LogP contribution in [0.3, 0.4) is 0 Å². The van der Waals surface area contributed by atoms with Crippen molar-refractivity contribution in [3.05, 3.63) is 35.4 Å². The Morgan fingerprint density at radius 1 is 1.26 bits per heavy atom. The van der Waals surface area contributed by atoms with Gasteiger partial charge >= 0.3 is 5.97 Å². The van der Waals surface area contributed by atoms with Crippen molar-refractivity contribution in [2.24, 2.45) is 0 Å². The molecule has 0 heterocycles. The van der Waals surface area contributed by atoms with Crippen LogP contribution in [-0.4, -0.2) is 55.2 Å². The molecule has 1 saturated carbocycles. The average Bonchev–Trinajstić information content (AvgIpc) is 3.35. The summed E-state index contributed by atoms with van der Waals surface area (Å²) in [7, 11) is 1.47. The van der Waals surface area contributed by atoms with E-state index in [4.69, 9.17) is 4.74 Å². The number of carbonyl (C=O) groups is 4. The third kappa shape index (κ3) is 5.21. The van der Waals surface area contributed by atoms with Gasteiger partial charge in [0.15, 0.2) is 6.61 Å². The molecule has 2 amide bonds. The predicted molar refractivity (Wildman–Crippen MR) is 80.9 cm³/mol. The Bertz CT molecular complexity index is 607. The van der Waals surface area contributed by atoms with Crippen LogP contribution < -0.4 is 5.32 Å². The highest BCUT2D eigenvalue weighted by atomic mass is 16.5. The van der Waals surface area contributed by atoms with Crippen molar-refractivity contribution < 1.29 is 23.9 Å². The summed E-state index contributed by atoms with van der Waals surface area (Å²) in [5.41, 5.74) is 0.691. The van der Waals surface area contributed by atoms with Gasteiger partial charge in [-0.3, -0.25) is 14.4 Å². The van der Waals surface area contributed by atoms with Crippen molar-refractivity contribution in [1.29, 1.82) is 0 Å². The van der Waals surface area contributed by atoms with Crippen LogP contribution in [0.1, 0.15) is 33.6 Å². The molecule has 0 aliphatic heterocycles. The van der Waals surface area contributed by atoms with Crippen molar-refractivity contribution >= 4 is 24.1 Å². The number of amides is 2. The Hall–Kier alpha value is -2.70. The Labute approximate surface area is 133 Å². The quantitative estimate of drug-likeness (QED) is 0.580. The summed E-state index contributed by atoms with van der Waals surface area (Å²) in [4.78, 5) is 47.0. The van der Waals surface area contributed by atoms with Crippen LogP contribution in [0, 0.1) is 0 Å². The minimum absolute atomic E-state index is 0.0685. The van der Waals surface area contributed by atoms with E-state index >= 15 is 0 Å². The molecule has 0 bridgehead atoms. The molecular formula is C16H18N2O5. The number of hydrogen-bond donors (Lipinski definition) is 1. The lowest BCUT2D eigenvalue weighted by Crippen LogP contribution is -2.40. The minimum atomic E-state index is -0.661. The van der Waals surface area contributed by atoms with Crippen molar-refractivity contribution in [1.82, 2.24) is 10.2 Å². The van der Waals surface area contributed by atoms with Crippen LogP contribution in [0.4, 0.5) is 0 Å². The molecule has 0 radical (unpaired) electrons. The number of likely N-dealkylation sites (N-methyl/N-ethyl adjacent to an activating group) is 1. The highest BCUT2D eigenvalue weighted by Crippen LogP contribution is 2.18. The maximum Gasteiger partial charge on any atom is 0.338 e. The number of aldehydes is 1. The zero-order chi connectivity index (χ0) is 16.8. The van der Waals surface area contributed by atoms with E-state index in [9.17, 15) is 19.2 Å². The summed E-state index contributed by atoms with van der Waals surface area (Å²) in [6.07, 6.45) is 2.62. The van der Waals surface area contributed by atoms with Crippen LogP contribution >= 0.6 is 0 Å². The predicted octanol–water partition coefficient (Wildman–Crippen LogP) is 0.393. The Morgan fingerprint density at radius 3 is 2.48 bits per heavy atom. The molecule has 0 saturated heterocycles. The smallest absolute Gasteiger partial charge is 0.338 e. The third-order valence-electron chi connectivity index (χ3n) is 3.36. The van der Waals surface area contributed by atoms with E-state index in [2.05, 4.69) is 5.32 Å². The highest BCUT2D eigenvalue weighted by Gasteiger charge is 2.24. The second-order valence-corrected chi connectivity index (χ2v) is 5.41. The minimum Gasteiger partial charge on any atom is -0.452 e. The van der Waals surface area contributed by atoms with E-state index in [-0.39, 0.29) is 24.1 Å². The fourth-order valence-electron chi connectivity index (χ4n) is 1.82. The maximum absolute atomic E-state index is 11.8. The number of benzene rings is 1. The fraction of sp³-hybridized carbons (Fsp3) is 0.375. The van der Waals surface area contributed by atoms with Crippen LogP contribution in [-0.2, 0) is 14.3 Å². The van der Waals surface area contributed by atoms with E-state index in [1.807, 2.05) is 0 Å². The topological polar surface area (TPSA) is 92.8 Å². The standard InChI is InChI=1S/C16H18N2O5/c1-18(8-14(20)17-13-6-7-13)15(21)10-23-16(22)12-4-2-11(9-19)3-5-12/h2-5,9,13H,6-8,10H2,1H3,(H,17,20). The Morgan fingerprint density at radius 2 is 1.91 bits per heavy atom. The molecular weight excluding hydrogens is 300 g/mol. The van der Waals surface area contributed by atoms with Gasteiger partial charge in [-0.1, -0.05) is 12.1 Å². The Kier molecular flexibility index (Phi) is 5.46. The first kappa shape index (κ1) is 16.7. The van der Waals surface area contributed by atoms with E-state index in [1.165, 1.54) is 36.2 Å². The maximum atomic E-state index is 11.8. The van der Waals surface area contributed by atoms with Crippen molar-refractivity contribution in [3.63, 3.8) is 0 Å². The molecule has 23 heavy (non-hydrogen) atoms. The molecule has 0 atom stereocenters.